The van der Waals surface area contributed by atoms with Crippen molar-refractivity contribution in [2.75, 3.05) is 25.2 Å². The molecule has 1 N–H and O–H groups in total. The van der Waals surface area contributed by atoms with Gasteiger partial charge in [-0.1, -0.05) is 36.8 Å². The molecule has 4 heteroatoms. The Morgan fingerprint density at radius 2 is 2.05 bits per heavy atom. The molecule has 3 nitrogen and oxygen atoms in total. The molecule has 0 radical (unpaired) electrons. The molecule has 1 saturated heterocycles. The van der Waals surface area contributed by atoms with Crippen LogP contribution >= 0.6 is 11.8 Å². The molecule has 1 atom stereocenters. The van der Waals surface area contributed by atoms with Gasteiger partial charge in [0.05, 0.1) is 6.67 Å². The Labute approximate surface area is 119 Å². The molecule has 1 aromatic carbocycles. The maximum absolute atomic E-state index is 12.3. The predicted molar refractivity (Wildman–Crippen MR) is 81.1 cm³/mol. The third-order valence-corrected chi connectivity index (χ3v) is 4.15. The van der Waals surface area contributed by atoms with Gasteiger partial charge in [-0.3, -0.25) is 10.1 Å². The Kier molecular flexibility index (Phi) is 5.73. The molecule has 104 valence electrons. The largest absolute Gasteiger partial charge is 0.328 e. The number of nitrogens with one attached hydrogen (secondary N) is 1. The lowest BCUT2D eigenvalue weighted by Crippen LogP contribution is -2.27. The van der Waals surface area contributed by atoms with E-state index in [9.17, 15) is 4.79 Å². The Hall–Kier alpha value is -1.00. The van der Waals surface area contributed by atoms with Crippen molar-refractivity contribution in [1.82, 2.24) is 10.2 Å². The van der Waals surface area contributed by atoms with Crippen molar-refractivity contribution in [3.63, 3.8) is 0 Å². The van der Waals surface area contributed by atoms with Gasteiger partial charge in [0, 0.05) is 6.54 Å². The highest BCUT2D eigenvalue weighted by Gasteiger charge is 2.31. The molecule has 1 aromatic rings. The van der Waals surface area contributed by atoms with Crippen LogP contribution < -0.4 is 5.32 Å². The van der Waals surface area contributed by atoms with Gasteiger partial charge in [-0.05, 0) is 30.4 Å². The molecule has 0 aliphatic carbocycles. The number of carbonyl (C=O) groups is 1. The van der Waals surface area contributed by atoms with Gasteiger partial charge in [0.1, 0.15) is 6.04 Å². The lowest BCUT2D eigenvalue weighted by atomic mass is 10.1. The van der Waals surface area contributed by atoms with E-state index in [1.807, 2.05) is 47.0 Å². The van der Waals surface area contributed by atoms with E-state index < -0.39 is 0 Å². The number of hydrogen-bond acceptors (Lipinski definition) is 3. The normalized spacial score (nSPS) is 19.1. The van der Waals surface area contributed by atoms with E-state index in [4.69, 9.17) is 0 Å². The second kappa shape index (κ2) is 7.56. The summed E-state index contributed by atoms with van der Waals surface area (Å²) in [4.78, 5) is 14.2. The fourth-order valence-corrected chi connectivity index (χ4v) is 2.86. The van der Waals surface area contributed by atoms with Crippen molar-refractivity contribution in [2.24, 2.45) is 0 Å². The number of unbranched alkanes of at least 4 members (excludes halogenated alkanes) is 2. The number of benzene rings is 1. The summed E-state index contributed by atoms with van der Waals surface area (Å²) in [5, 5.41) is 3.30. The van der Waals surface area contributed by atoms with Crippen molar-refractivity contribution in [3.8, 4) is 0 Å². The van der Waals surface area contributed by atoms with Crippen LogP contribution in [0.3, 0.4) is 0 Å². The van der Waals surface area contributed by atoms with Crippen LogP contribution in [0.1, 0.15) is 30.9 Å². The minimum Gasteiger partial charge on any atom is -0.328 e. The van der Waals surface area contributed by atoms with Crippen LogP contribution in [0.25, 0.3) is 0 Å². The van der Waals surface area contributed by atoms with Gasteiger partial charge in [-0.15, -0.1) is 0 Å². The van der Waals surface area contributed by atoms with Crippen LogP contribution in [0, 0.1) is 0 Å². The van der Waals surface area contributed by atoms with Crippen molar-refractivity contribution in [3.05, 3.63) is 35.9 Å². The second-order valence-electron chi connectivity index (χ2n) is 4.86. The van der Waals surface area contributed by atoms with Gasteiger partial charge in [-0.2, -0.15) is 11.8 Å². The van der Waals surface area contributed by atoms with Crippen LogP contribution in [0.2, 0.25) is 0 Å². The summed E-state index contributed by atoms with van der Waals surface area (Å²) in [5.74, 6) is 1.44. The number of hydrogen-bond donors (Lipinski definition) is 1. The molecular weight excluding hydrogens is 256 g/mol. The number of nitrogens with zero attached hydrogens (tertiary/aromatic N) is 1. The minimum absolute atomic E-state index is 0.146. The lowest BCUT2D eigenvalue weighted by Gasteiger charge is -2.15. The fraction of sp³-hybridized carbons (Fsp3) is 0.533. The molecular formula is C15H22N2OS. The Morgan fingerprint density at radius 1 is 1.26 bits per heavy atom. The van der Waals surface area contributed by atoms with Crippen molar-refractivity contribution >= 4 is 17.7 Å². The zero-order chi connectivity index (χ0) is 13.5. The Morgan fingerprint density at radius 3 is 2.79 bits per heavy atom. The average molecular weight is 278 g/mol. The minimum atomic E-state index is -0.146. The highest BCUT2D eigenvalue weighted by molar-refractivity contribution is 7.98. The molecule has 0 saturated carbocycles. The summed E-state index contributed by atoms with van der Waals surface area (Å²) >= 11 is 1.89. The van der Waals surface area contributed by atoms with Gasteiger partial charge in [0.15, 0.2) is 0 Å². The molecule has 2 rings (SSSR count). The monoisotopic (exact) mass is 278 g/mol. The summed E-state index contributed by atoms with van der Waals surface area (Å²) < 4.78 is 0. The number of amides is 1. The van der Waals surface area contributed by atoms with E-state index >= 15 is 0 Å². The number of carbonyl (C=O) groups excluding carboxylic acids is 1. The SMILES string of the molecule is CSCCCCCN1CNC(c2ccccc2)C1=O. The third-order valence-electron chi connectivity index (χ3n) is 3.45. The van der Waals surface area contributed by atoms with Gasteiger partial charge in [-0.25, -0.2) is 0 Å². The second-order valence-corrected chi connectivity index (χ2v) is 5.85. The molecule has 1 fully saturated rings. The first-order valence-corrected chi connectivity index (χ1v) is 8.28. The molecule has 1 heterocycles. The van der Waals surface area contributed by atoms with Crippen LogP contribution in [-0.4, -0.2) is 36.0 Å². The molecule has 1 unspecified atom stereocenters. The van der Waals surface area contributed by atoms with Crippen molar-refractivity contribution in [2.45, 2.75) is 25.3 Å². The van der Waals surface area contributed by atoms with E-state index in [1.54, 1.807) is 0 Å². The molecule has 1 aliphatic rings. The number of rotatable bonds is 7. The van der Waals surface area contributed by atoms with Crippen LogP contribution in [0.5, 0.6) is 0 Å². The zero-order valence-corrected chi connectivity index (χ0v) is 12.3. The predicted octanol–water partition coefficient (Wildman–Crippen LogP) is 2.65. The topological polar surface area (TPSA) is 32.3 Å². The standard InChI is InChI=1S/C15H22N2OS/c1-19-11-7-3-6-10-17-12-16-14(15(17)18)13-8-4-2-5-9-13/h2,4-5,8-9,14,16H,3,6-7,10-12H2,1H3. The Bertz CT molecular complexity index is 396. The van der Waals surface area contributed by atoms with E-state index in [-0.39, 0.29) is 11.9 Å². The lowest BCUT2D eigenvalue weighted by molar-refractivity contribution is -0.129. The highest BCUT2D eigenvalue weighted by Crippen LogP contribution is 2.20. The van der Waals surface area contributed by atoms with Crippen molar-refractivity contribution < 1.29 is 4.79 Å². The first-order chi connectivity index (χ1) is 9.33. The van der Waals surface area contributed by atoms with Crippen LogP contribution in [0.15, 0.2) is 30.3 Å². The molecule has 1 aliphatic heterocycles. The van der Waals surface area contributed by atoms with E-state index in [2.05, 4.69) is 11.6 Å². The van der Waals surface area contributed by atoms with E-state index in [1.165, 1.54) is 18.6 Å². The van der Waals surface area contributed by atoms with Gasteiger partial charge in [0.25, 0.3) is 0 Å². The molecule has 19 heavy (non-hydrogen) atoms. The Balaban J connectivity index is 1.78. The van der Waals surface area contributed by atoms with E-state index in [0.717, 1.165) is 18.5 Å². The first kappa shape index (κ1) is 14.4. The first-order valence-electron chi connectivity index (χ1n) is 6.89. The smallest absolute Gasteiger partial charge is 0.245 e. The van der Waals surface area contributed by atoms with Gasteiger partial charge >= 0.3 is 0 Å². The van der Waals surface area contributed by atoms with E-state index in [0.29, 0.717) is 6.67 Å². The van der Waals surface area contributed by atoms with Crippen LogP contribution in [-0.2, 0) is 4.79 Å². The molecule has 0 aromatic heterocycles. The zero-order valence-electron chi connectivity index (χ0n) is 11.5. The molecule has 0 bridgehead atoms. The molecule has 1 amide bonds. The molecule has 0 spiro atoms. The number of thioether (sulfide) groups is 1. The summed E-state index contributed by atoms with van der Waals surface area (Å²) in [7, 11) is 0. The maximum Gasteiger partial charge on any atom is 0.245 e. The summed E-state index contributed by atoms with van der Waals surface area (Å²) in [6, 6.07) is 9.82. The summed E-state index contributed by atoms with van der Waals surface area (Å²) in [6.07, 6.45) is 5.70. The highest BCUT2D eigenvalue weighted by atomic mass is 32.2. The van der Waals surface area contributed by atoms with Crippen LogP contribution in [0.4, 0.5) is 0 Å². The third kappa shape index (κ3) is 3.98. The fourth-order valence-electron chi connectivity index (χ4n) is 2.37. The average Bonchev–Trinajstić information content (AvgIpc) is 2.81. The summed E-state index contributed by atoms with van der Waals surface area (Å²) in [6.45, 7) is 1.56. The van der Waals surface area contributed by atoms with Gasteiger partial charge in [0.2, 0.25) is 5.91 Å². The van der Waals surface area contributed by atoms with Gasteiger partial charge < -0.3 is 4.90 Å². The maximum atomic E-state index is 12.3. The summed E-state index contributed by atoms with van der Waals surface area (Å²) in [5.41, 5.74) is 1.07. The van der Waals surface area contributed by atoms with Crippen molar-refractivity contribution in [1.29, 1.82) is 0 Å². The quantitative estimate of drug-likeness (QED) is 0.778.